The van der Waals surface area contributed by atoms with Gasteiger partial charge in [0.25, 0.3) is 0 Å². The van der Waals surface area contributed by atoms with Gasteiger partial charge in [0.2, 0.25) is 0 Å². The molecule has 140 valence electrons. The molecular formula is C24H26O3. The van der Waals surface area contributed by atoms with Gasteiger partial charge in [-0.25, -0.2) is 0 Å². The molecule has 3 aromatic rings. The summed E-state index contributed by atoms with van der Waals surface area (Å²) in [5.74, 6) is 1.69. The summed E-state index contributed by atoms with van der Waals surface area (Å²) in [4.78, 5) is 0. The Hall–Kier alpha value is -2.78. The predicted molar refractivity (Wildman–Crippen MR) is 111 cm³/mol. The largest absolute Gasteiger partial charge is 0.497 e. The fourth-order valence-electron chi connectivity index (χ4n) is 3.61. The van der Waals surface area contributed by atoms with E-state index in [2.05, 4.69) is 44.2 Å². The highest BCUT2D eigenvalue weighted by Gasteiger charge is 2.15. The second kappa shape index (κ2) is 8.28. The number of benzene rings is 3. The van der Waals surface area contributed by atoms with Crippen molar-refractivity contribution in [2.75, 3.05) is 20.8 Å². The number of aliphatic hydroxyl groups is 1. The Morgan fingerprint density at radius 2 is 1.26 bits per heavy atom. The van der Waals surface area contributed by atoms with Crippen LogP contribution in [-0.2, 0) is 6.42 Å². The van der Waals surface area contributed by atoms with Gasteiger partial charge in [0.1, 0.15) is 11.5 Å². The third-order valence-corrected chi connectivity index (χ3v) is 5.12. The fraction of sp³-hybridized carbons (Fsp3) is 0.250. The fourth-order valence-corrected chi connectivity index (χ4v) is 3.61. The highest BCUT2D eigenvalue weighted by atomic mass is 16.5. The van der Waals surface area contributed by atoms with Gasteiger partial charge < -0.3 is 14.6 Å². The molecule has 0 fully saturated rings. The molecule has 0 bridgehead atoms. The number of methoxy groups -OCH3 is 2. The van der Waals surface area contributed by atoms with E-state index in [1.165, 1.54) is 27.8 Å². The lowest BCUT2D eigenvalue weighted by Gasteiger charge is -2.19. The van der Waals surface area contributed by atoms with E-state index in [1.807, 2.05) is 24.3 Å². The second-order valence-electron chi connectivity index (χ2n) is 6.64. The number of aliphatic hydroxyl groups excluding tert-OH is 1. The number of hydrogen-bond donors (Lipinski definition) is 1. The van der Waals surface area contributed by atoms with Crippen LogP contribution in [0.5, 0.6) is 11.5 Å². The molecule has 3 rings (SSSR count). The molecule has 0 amide bonds. The van der Waals surface area contributed by atoms with E-state index in [-0.39, 0.29) is 6.61 Å². The van der Waals surface area contributed by atoms with E-state index < -0.39 is 0 Å². The van der Waals surface area contributed by atoms with Gasteiger partial charge in [0, 0.05) is 6.61 Å². The third-order valence-electron chi connectivity index (χ3n) is 5.12. The highest BCUT2D eigenvalue weighted by molar-refractivity contribution is 5.82. The Morgan fingerprint density at radius 1 is 0.741 bits per heavy atom. The Balaban J connectivity index is 2.19. The highest BCUT2D eigenvalue weighted by Crippen LogP contribution is 2.37. The molecule has 3 aromatic carbocycles. The molecule has 0 saturated carbocycles. The van der Waals surface area contributed by atoms with Crippen LogP contribution in [0.15, 0.2) is 54.6 Å². The lowest BCUT2D eigenvalue weighted by molar-refractivity contribution is 0.299. The number of hydrogen-bond acceptors (Lipinski definition) is 3. The maximum absolute atomic E-state index is 9.54. The average Bonchev–Trinajstić information content (AvgIpc) is 2.71. The maximum Gasteiger partial charge on any atom is 0.118 e. The van der Waals surface area contributed by atoms with E-state index in [0.717, 1.165) is 22.6 Å². The van der Waals surface area contributed by atoms with Crippen molar-refractivity contribution in [3.05, 3.63) is 71.3 Å². The molecule has 3 nitrogen and oxygen atoms in total. The van der Waals surface area contributed by atoms with Crippen LogP contribution in [0, 0.1) is 13.8 Å². The first kappa shape index (κ1) is 19.0. The van der Waals surface area contributed by atoms with Gasteiger partial charge in [-0.2, -0.15) is 0 Å². The van der Waals surface area contributed by atoms with Crippen molar-refractivity contribution in [1.82, 2.24) is 0 Å². The summed E-state index contributed by atoms with van der Waals surface area (Å²) in [6.07, 6.45) is 0.637. The maximum atomic E-state index is 9.54. The number of ether oxygens (including phenoxy) is 2. The van der Waals surface area contributed by atoms with Gasteiger partial charge in [-0.1, -0.05) is 30.3 Å². The normalized spacial score (nSPS) is 10.7. The van der Waals surface area contributed by atoms with Crippen LogP contribution < -0.4 is 9.47 Å². The molecule has 0 spiro atoms. The van der Waals surface area contributed by atoms with E-state index >= 15 is 0 Å². The molecule has 0 heterocycles. The SMILES string of the molecule is COc1ccc(-c2cc(CCO)c(C)c(-c3ccc(OC)cc3)c2C)cc1. The summed E-state index contributed by atoms with van der Waals surface area (Å²) in [7, 11) is 3.35. The first-order valence-corrected chi connectivity index (χ1v) is 9.11. The van der Waals surface area contributed by atoms with E-state index in [1.54, 1.807) is 14.2 Å². The molecule has 27 heavy (non-hydrogen) atoms. The van der Waals surface area contributed by atoms with Gasteiger partial charge in [-0.3, -0.25) is 0 Å². The zero-order valence-electron chi connectivity index (χ0n) is 16.4. The molecule has 0 atom stereocenters. The van der Waals surface area contributed by atoms with Gasteiger partial charge >= 0.3 is 0 Å². The second-order valence-corrected chi connectivity index (χ2v) is 6.64. The Kier molecular flexibility index (Phi) is 5.82. The minimum absolute atomic E-state index is 0.133. The zero-order valence-corrected chi connectivity index (χ0v) is 16.4. The molecule has 3 heteroatoms. The lowest BCUT2D eigenvalue weighted by Crippen LogP contribution is -2.01. The molecule has 0 saturated heterocycles. The van der Waals surface area contributed by atoms with Crippen molar-refractivity contribution < 1.29 is 14.6 Å². The van der Waals surface area contributed by atoms with Crippen molar-refractivity contribution in [1.29, 1.82) is 0 Å². The van der Waals surface area contributed by atoms with Crippen LogP contribution >= 0.6 is 0 Å². The quantitative estimate of drug-likeness (QED) is 0.656. The van der Waals surface area contributed by atoms with Crippen molar-refractivity contribution >= 4 is 0 Å². The van der Waals surface area contributed by atoms with E-state index in [9.17, 15) is 5.11 Å². The standard InChI is InChI=1S/C24H26O3/c1-16-20(13-14-25)15-23(18-5-9-21(26-3)10-6-18)17(2)24(16)19-7-11-22(27-4)12-8-19/h5-12,15,25H,13-14H2,1-4H3. The topological polar surface area (TPSA) is 38.7 Å². The van der Waals surface area contributed by atoms with Crippen LogP contribution in [0.2, 0.25) is 0 Å². The Bertz CT molecular complexity index is 910. The molecule has 0 aromatic heterocycles. The predicted octanol–water partition coefficient (Wildman–Crippen LogP) is 5.19. The van der Waals surface area contributed by atoms with E-state index in [0.29, 0.717) is 6.42 Å². The molecular weight excluding hydrogens is 336 g/mol. The summed E-state index contributed by atoms with van der Waals surface area (Å²) >= 11 is 0. The minimum Gasteiger partial charge on any atom is -0.497 e. The summed E-state index contributed by atoms with van der Waals surface area (Å²) in [6, 6.07) is 18.5. The van der Waals surface area contributed by atoms with Crippen LogP contribution in [0.1, 0.15) is 16.7 Å². The van der Waals surface area contributed by atoms with Crippen LogP contribution in [0.25, 0.3) is 22.3 Å². The number of rotatable bonds is 6. The summed E-state index contributed by atoms with van der Waals surface area (Å²) in [6.45, 7) is 4.43. The smallest absolute Gasteiger partial charge is 0.118 e. The van der Waals surface area contributed by atoms with Crippen LogP contribution in [-0.4, -0.2) is 25.9 Å². The van der Waals surface area contributed by atoms with Crippen LogP contribution in [0.4, 0.5) is 0 Å². The van der Waals surface area contributed by atoms with Gasteiger partial charge in [0.15, 0.2) is 0 Å². The third kappa shape index (κ3) is 3.83. The van der Waals surface area contributed by atoms with Gasteiger partial charge in [-0.05, 0) is 83.5 Å². The van der Waals surface area contributed by atoms with Gasteiger partial charge in [-0.15, -0.1) is 0 Å². The molecule has 0 aliphatic carbocycles. The van der Waals surface area contributed by atoms with E-state index in [4.69, 9.17) is 9.47 Å². The van der Waals surface area contributed by atoms with Crippen molar-refractivity contribution in [3.8, 4) is 33.8 Å². The molecule has 0 unspecified atom stereocenters. The average molecular weight is 362 g/mol. The van der Waals surface area contributed by atoms with Crippen LogP contribution in [0.3, 0.4) is 0 Å². The van der Waals surface area contributed by atoms with Crippen molar-refractivity contribution in [2.24, 2.45) is 0 Å². The molecule has 0 aliphatic rings. The van der Waals surface area contributed by atoms with Gasteiger partial charge in [0.05, 0.1) is 14.2 Å². The molecule has 1 N–H and O–H groups in total. The molecule has 0 aliphatic heterocycles. The summed E-state index contributed by atoms with van der Waals surface area (Å²) in [5.41, 5.74) is 8.29. The van der Waals surface area contributed by atoms with Crippen molar-refractivity contribution in [2.45, 2.75) is 20.3 Å². The molecule has 0 radical (unpaired) electrons. The Morgan fingerprint density at radius 3 is 1.74 bits per heavy atom. The lowest BCUT2D eigenvalue weighted by atomic mass is 9.85. The van der Waals surface area contributed by atoms with Crippen molar-refractivity contribution in [3.63, 3.8) is 0 Å². The Labute approximate surface area is 161 Å². The summed E-state index contributed by atoms with van der Waals surface area (Å²) in [5, 5.41) is 9.54. The first-order chi connectivity index (χ1) is 13.1. The minimum atomic E-state index is 0.133. The zero-order chi connectivity index (χ0) is 19.4. The first-order valence-electron chi connectivity index (χ1n) is 9.11. The monoisotopic (exact) mass is 362 g/mol. The summed E-state index contributed by atoms with van der Waals surface area (Å²) < 4.78 is 10.6.